The number of halogens is 2. The molecule has 0 heterocycles. The highest BCUT2D eigenvalue weighted by Gasteiger charge is 2.16. The van der Waals surface area contributed by atoms with Crippen LogP contribution in [0.3, 0.4) is 0 Å². The van der Waals surface area contributed by atoms with Crippen molar-refractivity contribution in [2.24, 2.45) is 0 Å². The molecule has 3 N–H and O–H groups in total. The fourth-order valence-electron chi connectivity index (χ4n) is 1.10. The van der Waals surface area contributed by atoms with Crippen molar-refractivity contribution in [1.29, 1.82) is 0 Å². The molecule has 0 spiro atoms. The van der Waals surface area contributed by atoms with Crippen LogP contribution >= 0.6 is 12.2 Å². The van der Waals surface area contributed by atoms with Gasteiger partial charge in [-0.15, -0.1) is 0 Å². The van der Waals surface area contributed by atoms with Crippen LogP contribution in [-0.4, -0.2) is 24.2 Å². The largest absolute Gasteiger partial charge is 0.478 e. The van der Waals surface area contributed by atoms with Gasteiger partial charge in [-0.25, -0.2) is 8.78 Å². The van der Waals surface area contributed by atoms with Gasteiger partial charge in [0.25, 0.3) is 5.91 Å². The van der Waals surface area contributed by atoms with E-state index >= 15 is 0 Å². The summed E-state index contributed by atoms with van der Waals surface area (Å²) in [4.78, 5) is 11.6. The molecule has 104 valence electrons. The van der Waals surface area contributed by atoms with Crippen molar-refractivity contribution in [2.45, 2.75) is 13.0 Å². The number of nitrogens with one attached hydrogen (secondary N) is 3. The van der Waals surface area contributed by atoms with E-state index < -0.39 is 23.6 Å². The van der Waals surface area contributed by atoms with E-state index in [1.54, 1.807) is 7.05 Å². The van der Waals surface area contributed by atoms with E-state index in [0.29, 0.717) is 6.07 Å². The van der Waals surface area contributed by atoms with Gasteiger partial charge in [-0.3, -0.25) is 15.6 Å². The Balaban J connectivity index is 2.56. The second-order valence-corrected chi connectivity index (χ2v) is 3.94. The minimum atomic E-state index is -0.980. The molecule has 0 aliphatic rings. The van der Waals surface area contributed by atoms with Crippen LogP contribution < -0.4 is 20.9 Å². The van der Waals surface area contributed by atoms with E-state index in [9.17, 15) is 13.6 Å². The SMILES string of the molecule is CNC(=S)NNC(=O)[C@@H](C)Oc1ccc(F)cc1F. The molecule has 19 heavy (non-hydrogen) atoms. The summed E-state index contributed by atoms with van der Waals surface area (Å²) in [6, 6.07) is 2.83. The lowest BCUT2D eigenvalue weighted by molar-refractivity contribution is -0.127. The molecule has 1 aromatic carbocycles. The van der Waals surface area contributed by atoms with Crippen LogP contribution in [0.15, 0.2) is 18.2 Å². The van der Waals surface area contributed by atoms with E-state index in [1.807, 2.05) is 0 Å². The third kappa shape index (κ3) is 4.66. The predicted octanol–water partition coefficient (Wildman–Crippen LogP) is 0.857. The van der Waals surface area contributed by atoms with Crippen molar-refractivity contribution >= 4 is 23.2 Å². The highest BCUT2D eigenvalue weighted by atomic mass is 32.1. The van der Waals surface area contributed by atoms with Gasteiger partial charge in [0.1, 0.15) is 5.82 Å². The first kappa shape index (κ1) is 15.1. The Hall–Kier alpha value is -1.96. The van der Waals surface area contributed by atoms with Crippen molar-refractivity contribution in [3.05, 3.63) is 29.8 Å². The molecule has 0 radical (unpaired) electrons. The predicted molar refractivity (Wildman–Crippen MR) is 69.4 cm³/mol. The Labute approximate surface area is 114 Å². The first-order chi connectivity index (χ1) is 8.93. The Morgan fingerprint density at radius 2 is 2.05 bits per heavy atom. The van der Waals surface area contributed by atoms with Crippen LogP contribution in [0.1, 0.15) is 6.92 Å². The van der Waals surface area contributed by atoms with Gasteiger partial charge >= 0.3 is 0 Å². The zero-order valence-corrected chi connectivity index (χ0v) is 11.1. The van der Waals surface area contributed by atoms with E-state index in [1.165, 1.54) is 6.92 Å². The molecule has 0 saturated heterocycles. The highest BCUT2D eigenvalue weighted by molar-refractivity contribution is 7.80. The number of thiocarbonyl (C=S) groups is 1. The molecule has 8 heteroatoms. The standard InChI is InChI=1S/C11H13F2N3O2S/c1-6(10(17)15-16-11(19)14-2)18-9-4-3-7(12)5-8(9)13/h3-6H,1-2H3,(H,15,17)(H2,14,16,19)/t6-/m1/s1. The smallest absolute Gasteiger partial charge is 0.279 e. The highest BCUT2D eigenvalue weighted by Crippen LogP contribution is 2.18. The van der Waals surface area contributed by atoms with Gasteiger partial charge < -0.3 is 10.1 Å². The fourth-order valence-corrected chi connectivity index (χ4v) is 1.15. The number of hydrogen-bond donors (Lipinski definition) is 3. The number of rotatable bonds is 3. The minimum Gasteiger partial charge on any atom is -0.478 e. The molecular formula is C11H13F2N3O2S. The van der Waals surface area contributed by atoms with Gasteiger partial charge in [-0.2, -0.15) is 0 Å². The number of ether oxygens (including phenoxy) is 1. The van der Waals surface area contributed by atoms with Crippen LogP contribution in [0.4, 0.5) is 8.78 Å². The van der Waals surface area contributed by atoms with E-state index in [-0.39, 0.29) is 10.9 Å². The molecule has 0 aromatic heterocycles. The van der Waals surface area contributed by atoms with Crippen LogP contribution in [0.25, 0.3) is 0 Å². The second kappa shape index (κ2) is 6.83. The van der Waals surface area contributed by atoms with Crippen LogP contribution in [0, 0.1) is 11.6 Å². The summed E-state index contributed by atoms with van der Waals surface area (Å²) in [5.74, 6) is -2.36. The van der Waals surface area contributed by atoms with Crippen LogP contribution in [0.5, 0.6) is 5.75 Å². The Morgan fingerprint density at radius 1 is 1.37 bits per heavy atom. The normalized spacial score (nSPS) is 11.4. The van der Waals surface area contributed by atoms with Crippen molar-refractivity contribution in [3.63, 3.8) is 0 Å². The molecule has 1 atom stereocenters. The van der Waals surface area contributed by atoms with Gasteiger partial charge in [0.15, 0.2) is 22.8 Å². The molecule has 0 saturated carbocycles. The number of benzene rings is 1. The topological polar surface area (TPSA) is 62.4 Å². The van der Waals surface area contributed by atoms with Crippen molar-refractivity contribution < 1.29 is 18.3 Å². The molecule has 0 unspecified atom stereocenters. The summed E-state index contributed by atoms with van der Waals surface area (Å²) in [7, 11) is 1.58. The summed E-state index contributed by atoms with van der Waals surface area (Å²) >= 11 is 4.75. The zero-order valence-electron chi connectivity index (χ0n) is 10.3. The molecular weight excluding hydrogens is 276 g/mol. The minimum absolute atomic E-state index is 0.208. The lowest BCUT2D eigenvalue weighted by Crippen LogP contribution is -2.49. The lowest BCUT2D eigenvalue weighted by atomic mass is 10.3. The number of carbonyl (C=O) groups is 1. The summed E-state index contributed by atoms with van der Waals surface area (Å²) in [6.45, 7) is 1.42. The molecule has 1 aromatic rings. The third-order valence-corrected chi connectivity index (χ3v) is 2.40. The zero-order chi connectivity index (χ0) is 14.4. The quantitative estimate of drug-likeness (QED) is 0.569. The van der Waals surface area contributed by atoms with Gasteiger partial charge in [0.2, 0.25) is 0 Å². The first-order valence-corrected chi connectivity index (χ1v) is 5.74. The Kier molecular flexibility index (Phi) is 5.43. The lowest BCUT2D eigenvalue weighted by Gasteiger charge is -2.16. The summed E-state index contributed by atoms with van der Waals surface area (Å²) in [6.07, 6.45) is -0.980. The molecule has 0 aliphatic carbocycles. The maximum absolute atomic E-state index is 13.3. The monoisotopic (exact) mass is 289 g/mol. The fraction of sp³-hybridized carbons (Fsp3) is 0.273. The summed E-state index contributed by atoms with van der Waals surface area (Å²) in [5.41, 5.74) is 4.68. The maximum Gasteiger partial charge on any atom is 0.279 e. The Bertz CT molecular complexity index is 485. The second-order valence-electron chi connectivity index (χ2n) is 3.53. The van der Waals surface area contributed by atoms with Crippen molar-refractivity contribution in [2.75, 3.05) is 7.05 Å². The summed E-state index contributed by atoms with van der Waals surface area (Å²) < 4.78 is 31.1. The van der Waals surface area contributed by atoms with E-state index in [4.69, 9.17) is 17.0 Å². The van der Waals surface area contributed by atoms with Crippen molar-refractivity contribution in [3.8, 4) is 5.75 Å². The Morgan fingerprint density at radius 3 is 2.63 bits per heavy atom. The number of carbonyl (C=O) groups excluding carboxylic acids is 1. The van der Waals surface area contributed by atoms with E-state index in [2.05, 4.69) is 16.2 Å². The van der Waals surface area contributed by atoms with Crippen LogP contribution in [-0.2, 0) is 4.79 Å². The number of amides is 1. The maximum atomic E-state index is 13.3. The first-order valence-electron chi connectivity index (χ1n) is 5.33. The van der Waals surface area contributed by atoms with E-state index in [0.717, 1.165) is 12.1 Å². The average Bonchev–Trinajstić information content (AvgIpc) is 2.38. The molecule has 5 nitrogen and oxygen atoms in total. The van der Waals surface area contributed by atoms with Gasteiger partial charge in [0.05, 0.1) is 0 Å². The van der Waals surface area contributed by atoms with Gasteiger partial charge in [-0.1, -0.05) is 0 Å². The molecule has 0 fully saturated rings. The number of hydrogen-bond acceptors (Lipinski definition) is 3. The van der Waals surface area contributed by atoms with Gasteiger partial charge in [-0.05, 0) is 31.3 Å². The summed E-state index contributed by atoms with van der Waals surface area (Å²) in [5, 5.41) is 2.80. The third-order valence-electron chi connectivity index (χ3n) is 2.09. The molecule has 0 aliphatic heterocycles. The van der Waals surface area contributed by atoms with Crippen LogP contribution in [0.2, 0.25) is 0 Å². The molecule has 1 amide bonds. The average molecular weight is 289 g/mol. The van der Waals surface area contributed by atoms with Crippen molar-refractivity contribution in [1.82, 2.24) is 16.2 Å². The molecule has 0 bridgehead atoms. The molecule has 1 rings (SSSR count). The number of hydrazine groups is 1. The van der Waals surface area contributed by atoms with Gasteiger partial charge in [0, 0.05) is 13.1 Å².